The van der Waals surface area contributed by atoms with Crippen LogP contribution in [0.2, 0.25) is 0 Å². The molecule has 1 N–H and O–H groups in total. The van der Waals surface area contributed by atoms with E-state index in [1.165, 1.54) is 6.42 Å². The molecule has 2 aromatic rings. The van der Waals surface area contributed by atoms with Gasteiger partial charge in [0.05, 0.1) is 18.0 Å². The molecule has 110 valence electrons. The third-order valence-corrected chi connectivity index (χ3v) is 4.04. The number of benzene rings is 1. The van der Waals surface area contributed by atoms with Gasteiger partial charge in [0, 0.05) is 12.1 Å². The fourth-order valence-corrected chi connectivity index (χ4v) is 3.02. The molecule has 0 saturated carbocycles. The molecule has 0 spiro atoms. The topological polar surface area (TPSA) is 64.0 Å². The van der Waals surface area contributed by atoms with Gasteiger partial charge in [-0.05, 0) is 37.1 Å². The predicted octanol–water partition coefficient (Wildman–Crippen LogP) is 1.56. The third kappa shape index (κ3) is 2.80. The van der Waals surface area contributed by atoms with E-state index in [0.717, 1.165) is 18.5 Å². The highest BCUT2D eigenvalue weighted by Crippen LogP contribution is 2.28. The minimum atomic E-state index is -0.359. The van der Waals surface area contributed by atoms with Crippen molar-refractivity contribution in [3.05, 3.63) is 58.7 Å². The summed E-state index contributed by atoms with van der Waals surface area (Å²) in [5.74, 6) is 0. The predicted molar refractivity (Wildman–Crippen MR) is 77.9 cm³/mol. The molecule has 21 heavy (non-hydrogen) atoms. The van der Waals surface area contributed by atoms with Gasteiger partial charge in [-0.2, -0.15) is 0 Å². The standard InChI is InChI=1S/C15H19N4O2/c1-17-9-10-18(11-17)15(14-3-2-8-16-14)12-4-6-13(7-5-12)19(20)21/h4-7,9-11,14-16H,2-3,8H2,1H3/q+1. The Kier molecular flexibility index (Phi) is 3.70. The Morgan fingerprint density at radius 2 is 2.19 bits per heavy atom. The normalized spacial score (nSPS) is 19.6. The zero-order valence-electron chi connectivity index (χ0n) is 12.0. The van der Waals surface area contributed by atoms with Crippen molar-refractivity contribution in [3.63, 3.8) is 0 Å². The zero-order chi connectivity index (χ0) is 14.8. The van der Waals surface area contributed by atoms with Gasteiger partial charge in [0.15, 0.2) is 0 Å². The number of nitro groups is 1. The molecule has 0 radical (unpaired) electrons. The van der Waals surface area contributed by atoms with E-state index < -0.39 is 0 Å². The first-order chi connectivity index (χ1) is 10.1. The molecule has 1 aliphatic heterocycles. The van der Waals surface area contributed by atoms with Crippen LogP contribution in [0.15, 0.2) is 43.0 Å². The Hall–Kier alpha value is -2.21. The van der Waals surface area contributed by atoms with Gasteiger partial charge in [0.1, 0.15) is 18.4 Å². The maximum atomic E-state index is 10.8. The summed E-state index contributed by atoms with van der Waals surface area (Å²) in [7, 11) is 1.99. The van der Waals surface area contributed by atoms with E-state index in [-0.39, 0.29) is 16.7 Å². The summed E-state index contributed by atoms with van der Waals surface area (Å²) in [5.41, 5.74) is 1.23. The second-order valence-corrected chi connectivity index (χ2v) is 5.52. The van der Waals surface area contributed by atoms with Crippen molar-refractivity contribution < 1.29 is 9.49 Å². The van der Waals surface area contributed by atoms with Gasteiger partial charge in [-0.25, -0.2) is 9.13 Å². The quantitative estimate of drug-likeness (QED) is 0.527. The van der Waals surface area contributed by atoms with Crippen LogP contribution in [0.1, 0.15) is 24.4 Å². The summed E-state index contributed by atoms with van der Waals surface area (Å²) in [5, 5.41) is 14.3. The minimum absolute atomic E-state index is 0.134. The average molecular weight is 287 g/mol. The van der Waals surface area contributed by atoms with E-state index in [1.807, 2.05) is 42.5 Å². The Bertz CT molecular complexity index is 629. The van der Waals surface area contributed by atoms with E-state index in [2.05, 4.69) is 9.88 Å². The number of imidazole rings is 1. The minimum Gasteiger partial charge on any atom is -0.310 e. The van der Waals surface area contributed by atoms with E-state index in [0.29, 0.717) is 6.04 Å². The number of nitrogens with one attached hydrogen (secondary N) is 1. The van der Waals surface area contributed by atoms with Crippen LogP contribution in [-0.2, 0) is 7.05 Å². The second-order valence-electron chi connectivity index (χ2n) is 5.52. The molecule has 2 unspecified atom stereocenters. The molecule has 6 heteroatoms. The number of aryl methyl sites for hydroxylation is 1. The van der Waals surface area contributed by atoms with Crippen LogP contribution >= 0.6 is 0 Å². The summed E-state index contributed by atoms with van der Waals surface area (Å²) < 4.78 is 4.18. The lowest BCUT2D eigenvalue weighted by Crippen LogP contribution is -2.34. The summed E-state index contributed by atoms with van der Waals surface area (Å²) >= 11 is 0. The van der Waals surface area contributed by atoms with Crippen molar-refractivity contribution >= 4 is 5.69 Å². The molecular weight excluding hydrogens is 268 g/mol. The molecule has 2 atom stereocenters. The van der Waals surface area contributed by atoms with Crippen LogP contribution in [0.3, 0.4) is 0 Å². The second kappa shape index (κ2) is 5.65. The van der Waals surface area contributed by atoms with Crippen molar-refractivity contribution in [3.8, 4) is 0 Å². The molecule has 1 saturated heterocycles. The molecule has 6 nitrogen and oxygen atoms in total. The number of non-ortho nitro benzene ring substituents is 1. The first-order valence-electron chi connectivity index (χ1n) is 7.15. The average Bonchev–Trinajstić information content (AvgIpc) is 3.12. The number of rotatable bonds is 4. The summed E-state index contributed by atoms with van der Waals surface area (Å²) in [6.45, 7) is 1.03. The van der Waals surface area contributed by atoms with Crippen LogP contribution in [0.25, 0.3) is 0 Å². The summed E-state index contributed by atoms with van der Waals surface area (Å²) in [6, 6.07) is 7.42. The molecule has 1 aliphatic rings. The molecule has 0 aliphatic carbocycles. The number of aromatic nitrogens is 2. The van der Waals surface area contributed by atoms with Gasteiger partial charge in [0.25, 0.3) is 5.69 Å². The molecule has 3 rings (SSSR count). The zero-order valence-corrected chi connectivity index (χ0v) is 12.0. The maximum Gasteiger partial charge on any atom is 0.269 e. The van der Waals surface area contributed by atoms with Crippen molar-refractivity contribution in [2.45, 2.75) is 24.9 Å². The van der Waals surface area contributed by atoms with E-state index >= 15 is 0 Å². The van der Waals surface area contributed by atoms with Crippen LogP contribution < -0.4 is 9.88 Å². The largest absolute Gasteiger partial charge is 0.310 e. The van der Waals surface area contributed by atoms with Crippen molar-refractivity contribution in [1.82, 2.24) is 9.88 Å². The third-order valence-electron chi connectivity index (χ3n) is 4.04. The fourth-order valence-electron chi connectivity index (χ4n) is 3.02. The first-order valence-corrected chi connectivity index (χ1v) is 7.15. The van der Waals surface area contributed by atoms with Crippen LogP contribution in [-0.4, -0.2) is 22.1 Å². The Balaban J connectivity index is 1.96. The highest BCUT2D eigenvalue weighted by molar-refractivity contribution is 5.35. The van der Waals surface area contributed by atoms with E-state index in [1.54, 1.807) is 12.1 Å². The maximum absolute atomic E-state index is 10.8. The van der Waals surface area contributed by atoms with Gasteiger partial charge >= 0.3 is 0 Å². The van der Waals surface area contributed by atoms with Crippen LogP contribution in [0, 0.1) is 10.1 Å². The van der Waals surface area contributed by atoms with Gasteiger partial charge < -0.3 is 5.32 Å². The monoisotopic (exact) mass is 287 g/mol. The number of nitrogens with zero attached hydrogens (tertiary/aromatic N) is 3. The Morgan fingerprint density at radius 1 is 1.43 bits per heavy atom. The molecule has 0 bridgehead atoms. The Labute approximate surface area is 123 Å². The molecule has 2 heterocycles. The summed E-state index contributed by atoms with van der Waals surface area (Å²) in [6.07, 6.45) is 8.39. The molecular formula is C15H19N4O2+. The van der Waals surface area contributed by atoms with Gasteiger partial charge in [0.2, 0.25) is 6.33 Å². The lowest BCUT2D eigenvalue weighted by Gasteiger charge is -2.21. The molecule has 1 aromatic heterocycles. The number of nitro benzene ring substituents is 1. The van der Waals surface area contributed by atoms with E-state index in [4.69, 9.17) is 0 Å². The number of hydrogen-bond acceptors (Lipinski definition) is 3. The van der Waals surface area contributed by atoms with Crippen LogP contribution in [0.5, 0.6) is 0 Å². The summed E-state index contributed by atoms with van der Waals surface area (Å²) in [4.78, 5) is 10.4. The SMILES string of the molecule is C[n+]1ccn(C(c2ccc([N+](=O)[O-])cc2)C2CCCN2)c1. The Morgan fingerprint density at radius 3 is 2.71 bits per heavy atom. The van der Waals surface area contributed by atoms with Gasteiger partial charge in [-0.3, -0.25) is 10.1 Å². The van der Waals surface area contributed by atoms with Crippen molar-refractivity contribution in [2.75, 3.05) is 6.54 Å². The fraction of sp³-hybridized carbons (Fsp3) is 0.400. The van der Waals surface area contributed by atoms with Gasteiger partial charge in [-0.1, -0.05) is 0 Å². The lowest BCUT2D eigenvalue weighted by atomic mass is 9.97. The van der Waals surface area contributed by atoms with Crippen molar-refractivity contribution in [2.24, 2.45) is 7.05 Å². The highest BCUT2D eigenvalue weighted by Gasteiger charge is 2.31. The highest BCUT2D eigenvalue weighted by atomic mass is 16.6. The lowest BCUT2D eigenvalue weighted by molar-refractivity contribution is -0.671. The van der Waals surface area contributed by atoms with Crippen LogP contribution in [0.4, 0.5) is 5.69 Å². The molecule has 0 amide bonds. The number of hydrogen-bond donors (Lipinski definition) is 1. The first kappa shape index (κ1) is 13.8. The smallest absolute Gasteiger partial charge is 0.269 e. The van der Waals surface area contributed by atoms with E-state index in [9.17, 15) is 10.1 Å². The van der Waals surface area contributed by atoms with Crippen molar-refractivity contribution in [1.29, 1.82) is 0 Å². The molecule has 1 aromatic carbocycles. The van der Waals surface area contributed by atoms with Gasteiger partial charge in [-0.15, -0.1) is 0 Å². The molecule has 1 fully saturated rings.